The van der Waals surface area contributed by atoms with E-state index in [2.05, 4.69) is 5.32 Å². The molecule has 0 saturated carbocycles. The van der Waals surface area contributed by atoms with Crippen molar-refractivity contribution in [3.05, 3.63) is 149 Å². The molecule has 0 atom stereocenters. The lowest BCUT2D eigenvalue weighted by Gasteiger charge is -2.25. The molecule has 5 aromatic rings. The second kappa shape index (κ2) is 15.4. The van der Waals surface area contributed by atoms with Crippen molar-refractivity contribution in [1.82, 2.24) is 5.32 Å². The smallest absolute Gasteiger partial charge is 0.227 e. The Morgan fingerprint density at radius 3 is 2.33 bits per heavy atom. The van der Waals surface area contributed by atoms with Crippen molar-refractivity contribution >= 4 is 23.8 Å². The molecule has 3 N–H and O–H groups in total. The summed E-state index contributed by atoms with van der Waals surface area (Å²) < 4.78 is 20.3. The van der Waals surface area contributed by atoms with Gasteiger partial charge in [0, 0.05) is 37.1 Å². The number of para-hydroxylation sites is 2. The first-order valence-electron chi connectivity index (χ1n) is 14.9. The number of nitrogens with one attached hydrogen (secondary N) is 1. The molecule has 5 aromatic carbocycles. The van der Waals surface area contributed by atoms with E-state index in [0.717, 1.165) is 28.5 Å². The van der Waals surface area contributed by atoms with Gasteiger partial charge in [-0.3, -0.25) is 14.4 Å². The normalized spacial score (nSPS) is 10.7. The number of anilines is 1. The summed E-state index contributed by atoms with van der Waals surface area (Å²) in [5, 5.41) is 2.70. The molecule has 5 rings (SSSR count). The number of halogens is 1. The van der Waals surface area contributed by atoms with Gasteiger partial charge in [0.1, 0.15) is 17.9 Å². The first-order chi connectivity index (χ1) is 22.4. The summed E-state index contributed by atoms with van der Waals surface area (Å²) in [6, 6.07) is 36.0. The fourth-order valence-electron chi connectivity index (χ4n) is 4.99. The van der Waals surface area contributed by atoms with E-state index in [1.54, 1.807) is 41.3 Å². The van der Waals surface area contributed by atoms with Gasteiger partial charge in [0.25, 0.3) is 0 Å². The van der Waals surface area contributed by atoms with Crippen LogP contribution in [-0.4, -0.2) is 18.1 Å². The van der Waals surface area contributed by atoms with Crippen LogP contribution in [0.25, 0.3) is 11.1 Å². The summed E-state index contributed by atoms with van der Waals surface area (Å²) in [4.78, 5) is 39.4. The Bertz CT molecular complexity index is 1820. The van der Waals surface area contributed by atoms with Crippen LogP contribution in [0.1, 0.15) is 39.9 Å². The molecule has 0 heterocycles. The van der Waals surface area contributed by atoms with Gasteiger partial charge < -0.3 is 20.7 Å². The van der Waals surface area contributed by atoms with E-state index in [9.17, 15) is 18.8 Å². The highest BCUT2D eigenvalue weighted by Crippen LogP contribution is 2.34. The van der Waals surface area contributed by atoms with Crippen LogP contribution in [0.3, 0.4) is 0 Å². The van der Waals surface area contributed by atoms with E-state index in [0.29, 0.717) is 34.9 Å². The number of nitrogens with zero attached hydrogens (tertiary/aromatic N) is 1. The van der Waals surface area contributed by atoms with Crippen LogP contribution in [0.15, 0.2) is 121 Å². The van der Waals surface area contributed by atoms with Crippen molar-refractivity contribution in [2.45, 2.75) is 32.5 Å². The Labute approximate surface area is 267 Å². The molecule has 0 aliphatic heterocycles. The van der Waals surface area contributed by atoms with Crippen LogP contribution in [0.4, 0.5) is 10.1 Å². The van der Waals surface area contributed by atoms with Crippen molar-refractivity contribution in [2.75, 3.05) is 4.90 Å². The van der Waals surface area contributed by atoms with Crippen molar-refractivity contribution < 1.29 is 23.5 Å². The Morgan fingerprint density at radius 1 is 0.783 bits per heavy atom. The molecule has 0 spiro atoms. The molecular formula is C38H34FN3O4. The quantitative estimate of drug-likeness (QED) is 0.137. The zero-order valence-corrected chi connectivity index (χ0v) is 25.2. The van der Waals surface area contributed by atoms with Crippen molar-refractivity contribution in [3.8, 4) is 22.6 Å². The lowest BCUT2D eigenvalue weighted by molar-refractivity contribution is -0.125. The lowest BCUT2D eigenvalue weighted by atomic mass is 10.0. The van der Waals surface area contributed by atoms with Crippen LogP contribution >= 0.6 is 0 Å². The van der Waals surface area contributed by atoms with Crippen LogP contribution in [-0.2, 0) is 29.2 Å². The average Bonchev–Trinajstić information content (AvgIpc) is 3.10. The number of rotatable bonds is 13. The summed E-state index contributed by atoms with van der Waals surface area (Å²) in [6.45, 7) is 0.607. The summed E-state index contributed by atoms with van der Waals surface area (Å²) in [5.74, 6) is 0.00632. The van der Waals surface area contributed by atoms with Crippen LogP contribution < -0.4 is 20.7 Å². The van der Waals surface area contributed by atoms with Gasteiger partial charge in [0.05, 0.1) is 12.2 Å². The third-order valence-electron chi connectivity index (χ3n) is 7.47. The first-order valence-corrected chi connectivity index (χ1v) is 14.9. The lowest BCUT2D eigenvalue weighted by Crippen LogP contribution is -2.32. The number of amides is 2. The molecular weight excluding hydrogens is 581 g/mol. The van der Waals surface area contributed by atoms with Crippen molar-refractivity contribution in [2.24, 2.45) is 5.73 Å². The summed E-state index contributed by atoms with van der Waals surface area (Å²) in [5.41, 5.74) is 10.9. The van der Waals surface area contributed by atoms with E-state index in [4.69, 9.17) is 10.5 Å². The van der Waals surface area contributed by atoms with E-state index in [-0.39, 0.29) is 37.7 Å². The van der Waals surface area contributed by atoms with Crippen LogP contribution in [0, 0.1) is 5.82 Å². The number of carbonyl (C=O) groups excluding carboxylic acids is 3. The van der Waals surface area contributed by atoms with E-state index in [1.807, 2.05) is 78.9 Å². The Hall–Kier alpha value is -5.60. The average molecular weight is 616 g/mol. The number of aldehydes is 1. The second-order valence-corrected chi connectivity index (χ2v) is 10.7. The molecule has 0 aliphatic carbocycles. The Balaban J connectivity index is 1.37. The minimum absolute atomic E-state index is 0.0318. The van der Waals surface area contributed by atoms with Crippen LogP contribution in [0.2, 0.25) is 0 Å². The predicted molar refractivity (Wildman–Crippen MR) is 177 cm³/mol. The topological polar surface area (TPSA) is 102 Å². The van der Waals surface area contributed by atoms with Crippen molar-refractivity contribution in [1.29, 1.82) is 0 Å². The largest absolute Gasteiger partial charge is 0.455 e. The fraction of sp³-hybridized carbons (Fsp3) is 0.132. The van der Waals surface area contributed by atoms with Gasteiger partial charge in [0.2, 0.25) is 11.8 Å². The standard InChI is InChI=1S/C38H34FN3O4/c39-34-12-2-1-9-32(34)24-41-37(44)19-20-38(45)42(25-27-15-17-30(18-16-27)31-10-5-8-29(21-31)26-43)35-13-3-4-14-36(35)46-33-11-6-7-28(22-33)23-40/h1-18,21-22,26H,19-20,23-25,40H2,(H,41,44). The summed E-state index contributed by atoms with van der Waals surface area (Å²) in [7, 11) is 0. The maximum atomic E-state index is 14.0. The molecule has 8 heteroatoms. The monoisotopic (exact) mass is 615 g/mol. The maximum absolute atomic E-state index is 14.0. The van der Waals surface area contributed by atoms with Gasteiger partial charge in [-0.2, -0.15) is 0 Å². The zero-order valence-electron chi connectivity index (χ0n) is 25.2. The molecule has 0 saturated heterocycles. The summed E-state index contributed by atoms with van der Waals surface area (Å²) >= 11 is 0. The maximum Gasteiger partial charge on any atom is 0.227 e. The number of hydrogen-bond acceptors (Lipinski definition) is 5. The van der Waals surface area contributed by atoms with E-state index < -0.39 is 5.82 Å². The fourth-order valence-corrected chi connectivity index (χ4v) is 4.99. The van der Waals surface area contributed by atoms with Gasteiger partial charge in [-0.05, 0) is 58.7 Å². The molecule has 46 heavy (non-hydrogen) atoms. The minimum atomic E-state index is -0.402. The van der Waals surface area contributed by atoms with E-state index in [1.165, 1.54) is 6.07 Å². The number of hydrogen-bond donors (Lipinski definition) is 2. The molecule has 2 amide bonds. The molecule has 232 valence electrons. The number of ether oxygens (including phenoxy) is 1. The van der Waals surface area contributed by atoms with Gasteiger partial charge in [-0.15, -0.1) is 0 Å². The number of carbonyl (C=O) groups is 3. The third kappa shape index (κ3) is 8.31. The highest BCUT2D eigenvalue weighted by atomic mass is 19.1. The Kier molecular flexibility index (Phi) is 10.7. The van der Waals surface area contributed by atoms with Crippen LogP contribution in [0.5, 0.6) is 11.5 Å². The zero-order chi connectivity index (χ0) is 32.3. The first kappa shape index (κ1) is 31.8. The predicted octanol–water partition coefficient (Wildman–Crippen LogP) is 7.19. The number of nitrogens with two attached hydrogens (primary N) is 1. The molecule has 7 nitrogen and oxygen atoms in total. The molecule has 0 unspecified atom stereocenters. The third-order valence-corrected chi connectivity index (χ3v) is 7.47. The van der Waals surface area contributed by atoms with Gasteiger partial charge >= 0.3 is 0 Å². The Morgan fingerprint density at radius 2 is 1.54 bits per heavy atom. The molecule has 0 bridgehead atoms. The second-order valence-electron chi connectivity index (χ2n) is 10.7. The molecule has 0 aliphatic rings. The van der Waals surface area contributed by atoms with E-state index >= 15 is 0 Å². The molecule has 0 fully saturated rings. The highest BCUT2D eigenvalue weighted by Gasteiger charge is 2.21. The van der Waals surface area contributed by atoms with Gasteiger partial charge in [-0.25, -0.2) is 4.39 Å². The summed E-state index contributed by atoms with van der Waals surface area (Å²) in [6.07, 6.45) is 0.668. The molecule has 0 radical (unpaired) electrons. The van der Waals surface area contributed by atoms with Gasteiger partial charge in [-0.1, -0.05) is 84.9 Å². The SMILES string of the molecule is NCc1cccc(Oc2ccccc2N(Cc2ccc(-c3cccc(C=O)c3)cc2)C(=O)CCC(=O)NCc2ccccc2F)c1. The number of benzene rings is 5. The van der Waals surface area contributed by atoms with Gasteiger partial charge in [0.15, 0.2) is 5.75 Å². The van der Waals surface area contributed by atoms with Crippen molar-refractivity contribution in [3.63, 3.8) is 0 Å². The minimum Gasteiger partial charge on any atom is -0.455 e. The highest BCUT2D eigenvalue weighted by molar-refractivity contribution is 5.96. The molecule has 0 aromatic heterocycles.